The number of nitrogens with one attached hydrogen (secondary N) is 1. The summed E-state index contributed by atoms with van der Waals surface area (Å²) in [6, 6.07) is 5.95. The van der Waals surface area contributed by atoms with Gasteiger partial charge < -0.3 is 10.2 Å². The van der Waals surface area contributed by atoms with Crippen molar-refractivity contribution in [3.8, 4) is 0 Å². The first-order valence-electron chi connectivity index (χ1n) is 8.17. The average molecular weight is 389 g/mol. The first kappa shape index (κ1) is 16.9. The monoisotopic (exact) mass is 388 g/mol. The molecule has 1 aromatic carbocycles. The van der Waals surface area contributed by atoms with E-state index in [0.29, 0.717) is 17.4 Å². The van der Waals surface area contributed by atoms with E-state index < -0.39 is 0 Å². The Morgan fingerprint density at radius 2 is 2.08 bits per heavy atom. The van der Waals surface area contributed by atoms with Crippen molar-refractivity contribution < 1.29 is 4.79 Å². The average Bonchev–Trinajstić information content (AvgIpc) is 2.58. The topological polar surface area (TPSA) is 58.1 Å². The molecular formula is C18H21BrN4O. The number of nitrogens with zero attached hydrogens (tertiary/aromatic N) is 3. The van der Waals surface area contributed by atoms with Crippen LogP contribution in [0, 0.1) is 12.8 Å². The van der Waals surface area contributed by atoms with E-state index in [2.05, 4.69) is 38.1 Å². The van der Waals surface area contributed by atoms with Gasteiger partial charge >= 0.3 is 0 Å². The third kappa shape index (κ3) is 3.93. The molecule has 2 heterocycles. The lowest BCUT2D eigenvalue weighted by molar-refractivity contribution is 0.0682. The Bertz CT molecular complexity index is 732. The van der Waals surface area contributed by atoms with Gasteiger partial charge in [0.15, 0.2) is 0 Å². The fraction of sp³-hybridized carbons (Fsp3) is 0.389. The van der Waals surface area contributed by atoms with Crippen molar-refractivity contribution >= 4 is 33.5 Å². The number of carbonyl (C=O) groups is 1. The molecule has 0 bridgehead atoms. The maximum Gasteiger partial charge on any atom is 0.257 e. The highest BCUT2D eigenvalue weighted by Crippen LogP contribution is 2.22. The van der Waals surface area contributed by atoms with E-state index in [0.717, 1.165) is 35.2 Å². The number of halogens is 1. The van der Waals surface area contributed by atoms with Crippen LogP contribution in [0.2, 0.25) is 0 Å². The first-order chi connectivity index (χ1) is 11.5. The number of aryl methyl sites for hydroxylation is 1. The van der Waals surface area contributed by atoms with Crippen molar-refractivity contribution in [3.05, 3.63) is 46.2 Å². The molecule has 5 nitrogen and oxygen atoms in total. The van der Waals surface area contributed by atoms with Gasteiger partial charge in [-0.1, -0.05) is 22.9 Å². The molecule has 3 rings (SSSR count). The summed E-state index contributed by atoms with van der Waals surface area (Å²) in [6.45, 7) is 5.85. The molecule has 1 atom stereocenters. The van der Waals surface area contributed by atoms with E-state index in [1.54, 1.807) is 12.4 Å². The lowest BCUT2D eigenvalue weighted by Crippen LogP contribution is -2.39. The maximum atomic E-state index is 12.5. The maximum absolute atomic E-state index is 12.5. The molecule has 1 amide bonds. The standard InChI is InChI=1S/C18H21BrN4O/c1-12-4-3-7-23(11-12)17(24)14-9-20-18(21-10-14)22-15-5-6-16(19)13(2)8-15/h5-6,8-10,12H,3-4,7,11H2,1-2H3,(H,20,21,22). The van der Waals surface area contributed by atoms with Crippen LogP contribution in [-0.2, 0) is 0 Å². The number of likely N-dealkylation sites (tertiary alicyclic amines) is 1. The van der Waals surface area contributed by atoms with Crippen molar-refractivity contribution in [3.63, 3.8) is 0 Å². The van der Waals surface area contributed by atoms with Gasteiger partial charge in [-0.05, 0) is 49.4 Å². The van der Waals surface area contributed by atoms with Crippen molar-refractivity contribution in [2.45, 2.75) is 26.7 Å². The summed E-state index contributed by atoms with van der Waals surface area (Å²) in [7, 11) is 0. The van der Waals surface area contributed by atoms with Crippen LogP contribution in [0.5, 0.6) is 0 Å². The van der Waals surface area contributed by atoms with Crippen molar-refractivity contribution in [1.29, 1.82) is 0 Å². The minimum atomic E-state index is 0.0209. The summed E-state index contributed by atoms with van der Waals surface area (Å²) in [5, 5.41) is 3.16. The molecule has 1 saturated heterocycles. The molecule has 1 unspecified atom stereocenters. The van der Waals surface area contributed by atoms with Crippen molar-refractivity contribution in [2.75, 3.05) is 18.4 Å². The van der Waals surface area contributed by atoms with Gasteiger partial charge in [0.1, 0.15) is 0 Å². The third-order valence-electron chi connectivity index (χ3n) is 4.26. The molecule has 0 radical (unpaired) electrons. The second kappa shape index (κ2) is 7.30. The summed E-state index contributed by atoms with van der Waals surface area (Å²) in [4.78, 5) is 23.0. The number of anilines is 2. The lowest BCUT2D eigenvalue weighted by Gasteiger charge is -2.30. The zero-order chi connectivity index (χ0) is 17.1. The third-order valence-corrected chi connectivity index (χ3v) is 5.15. The van der Waals surface area contributed by atoms with Gasteiger partial charge in [0, 0.05) is 35.6 Å². The Hall–Kier alpha value is -1.95. The quantitative estimate of drug-likeness (QED) is 0.857. The number of hydrogen-bond donors (Lipinski definition) is 1. The van der Waals surface area contributed by atoms with Crippen molar-refractivity contribution in [2.24, 2.45) is 5.92 Å². The van der Waals surface area contributed by atoms with E-state index in [-0.39, 0.29) is 5.91 Å². The highest BCUT2D eigenvalue weighted by Gasteiger charge is 2.22. The van der Waals surface area contributed by atoms with E-state index in [9.17, 15) is 4.79 Å². The Morgan fingerprint density at radius 1 is 1.33 bits per heavy atom. The SMILES string of the molecule is Cc1cc(Nc2ncc(C(=O)N3CCCC(C)C3)cn2)ccc1Br. The van der Waals surface area contributed by atoms with Crippen LogP contribution in [0.4, 0.5) is 11.6 Å². The first-order valence-corrected chi connectivity index (χ1v) is 8.97. The van der Waals surface area contributed by atoms with Crippen LogP contribution in [0.1, 0.15) is 35.7 Å². The summed E-state index contributed by atoms with van der Waals surface area (Å²) in [6.07, 6.45) is 5.46. The molecule has 0 aliphatic carbocycles. The van der Waals surface area contributed by atoms with Crippen LogP contribution in [0.25, 0.3) is 0 Å². The van der Waals surface area contributed by atoms with Gasteiger partial charge in [-0.25, -0.2) is 9.97 Å². The molecule has 1 aliphatic rings. The number of amides is 1. The Kier molecular flexibility index (Phi) is 5.14. The number of benzene rings is 1. The van der Waals surface area contributed by atoms with E-state index in [1.165, 1.54) is 6.42 Å². The van der Waals surface area contributed by atoms with E-state index in [4.69, 9.17) is 0 Å². The highest BCUT2D eigenvalue weighted by atomic mass is 79.9. The molecule has 6 heteroatoms. The van der Waals surface area contributed by atoms with Crippen LogP contribution < -0.4 is 5.32 Å². The normalized spacial score (nSPS) is 17.6. The molecule has 2 aromatic rings. The Morgan fingerprint density at radius 3 is 2.75 bits per heavy atom. The molecule has 126 valence electrons. The Labute approximate surface area is 150 Å². The fourth-order valence-electron chi connectivity index (χ4n) is 2.91. The van der Waals surface area contributed by atoms with Crippen molar-refractivity contribution in [1.82, 2.24) is 14.9 Å². The number of aromatic nitrogens is 2. The molecule has 1 aliphatic heterocycles. The fourth-order valence-corrected chi connectivity index (χ4v) is 3.16. The number of hydrogen-bond acceptors (Lipinski definition) is 4. The summed E-state index contributed by atoms with van der Waals surface area (Å²) in [5.41, 5.74) is 2.59. The second-order valence-electron chi connectivity index (χ2n) is 6.38. The molecule has 0 saturated carbocycles. The number of piperidine rings is 1. The minimum Gasteiger partial charge on any atom is -0.338 e. The van der Waals surface area contributed by atoms with Crippen LogP contribution >= 0.6 is 15.9 Å². The van der Waals surface area contributed by atoms with Gasteiger partial charge in [0.25, 0.3) is 5.91 Å². The zero-order valence-electron chi connectivity index (χ0n) is 13.9. The summed E-state index contributed by atoms with van der Waals surface area (Å²) >= 11 is 3.48. The Balaban J connectivity index is 1.68. The summed E-state index contributed by atoms with van der Waals surface area (Å²) in [5.74, 6) is 1.07. The van der Waals surface area contributed by atoms with Crippen LogP contribution in [0.15, 0.2) is 35.1 Å². The van der Waals surface area contributed by atoms with Gasteiger partial charge in [0.05, 0.1) is 5.56 Å². The van der Waals surface area contributed by atoms with Crippen LogP contribution in [-0.4, -0.2) is 33.9 Å². The van der Waals surface area contributed by atoms with Gasteiger partial charge in [-0.3, -0.25) is 4.79 Å². The minimum absolute atomic E-state index is 0.0209. The number of carbonyl (C=O) groups excluding carboxylic acids is 1. The van der Waals surface area contributed by atoms with Gasteiger partial charge in [-0.2, -0.15) is 0 Å². The molecule has 24 heavy (non-hydrogen) atoms. The van der Waals surface area contributed by atoms with Crippen LogP contribution in [0.3, 0.4) is 0 Å². The van der Waals surface area contributed by atoms with E-state index >= 15 is 0 Å². The van der Waals surface area contributed by atoms with Gasteiger partial charge in [-0.15, -0.1) is 0 Å². The summed E-state index contributed by atoms with van der Waals surface area (Å²) < 4.78 is 1.06. The largest absolute Gasteiger partial charge is 0.338 e. The molecule has 1 N–H and O–H groups in total. The predicted molar refractivity (Wildman–Crippen MR) is 98.5 cm³/mol. The molecular weight excluding hydrogens is 368 g/mol. The zero-order valence-corrected chi connectivity index (χ0v) is 15.5. The molecule has 1 aromatic heterocycles. The smallest absolute Gasteiger partial charge is 0.257 e. The highest BCUT2D eigenvalue weighted by molar-refractivity contribution is 9.10. The molecule has 1 fully saturated rings. The number of rotatable bonds is 3. The van der Waals surface area contributed by atoms with Gasteiger partial charge in [0.2, 0.25) is 5.95 Å². The lowest BCUT2D eigenvalue weighted by atomic mass is 10.00. The van der Waals surface area contributed by atoms with E-state index in [1.807, 2.05) is 30.0 Å². The molecule has 0 spiro atoms. The predicted octanol–water partition coefficient (Wildman–Crippen LogP) is 4.16. The second-order valence-corrected chi connectivity index (χ2v) is 7.24.